The fourth-order valence-electron chi connectivity index (χ4n) is 0.417. The Hall–Kier alpha value is -1.17. The number of hydrogen-bond acceptors (Lipinski definition) is 3. The van der Waals surface area contributed by atoms with Crippen LogP contribution in [0.25, 0.3) is 0 Å². The van der Waals surface area contributed by atoms with Gasteiger partial charge in [0.1, 0.15) is 5.97 Å². The summed E-state index contributed by atoms with van der Waals surface area (Å²) in [4.78, 5) is 9.48. The van der Waals surface area contributed by atoms with Crippen molar-refractivity contribution in [2.75, 3.05) is 0 Å². The molecule has 0 fully saturated rings. The maximum Gasteiger partial charge on any atom is 0.462 e. The lowest BCUT2D eigenvalue weighted by Crippen LogP contribution is -2.55. The molecule has 0 saturated carbocycles. The summed E-state index contributed by atoms with van der Waals surface area (Å²) in [5, 5.41) is 9.48. The molecule has 0 bridgehead atoms. The first-order chi connectivity index (χ1) is 6.83. The normalized spacial score (nSPS) is 15.1. The van der Waals surface area contributed by atoms with E-state index in [0.717, 1.165) is 0 Å². The summed E-state index contributed by atoms with van der Waals surface area (Å²) >= 11 is 0. The van der Waals surface area contributed by atoms with E-state index in [4.69, 9.17) is 0 Å². The summed E-state index contributed by atoms with van der Waals surface area (Å²) in [5.41, 5.74) is 0. The highest BCUT2D eigenvalue weighted by Crippen LogP contribution is 2.47. The number of carbonyl (C=O) groups is 1. The highest BCUT2D eigenvalue weighted by molar-refractivity contribution is 5.68. The third-order valence-corrected chi connectivity index (χ3v) is 1.16. The number of alkyl halides is 8. The minimum Gasteiger partial charge on any atom is -0.544 e. The Morgan fingerprint density at radius 2 is 1.41 bits per heavy atom. The number of carbonyl (C=O) groups excluding carboxylic acids is 1. The van der Waals surface area contributed by atoms with E-state index < -0.39 is 30.5 Å². The lowest BCUT2D eigenvalue weighted by atomic mass is 10.3. The van der Waals surface area contributed by atoms with Crippen LogP contribution >= 0.6 is 0 Å². The Kier molecular flexibility index (Phi) is 5.35. The monoisotopic (exact) mass is 279 g/mol. The van der Waals surface area contributed by atoms with Gasteiger partial charge in [-0.1, -0.05) is 0 Å². The van der Waals surface area contributed by atoms with Gasteiger partial charge in [-0.2, -0.15) is 30.7 Å². The van der Waals surface area contributed by atoms with Crippen molar-refractivity contribution in [3.63, 3.8) is 0 Å². The Morgan fingerprint density at radius 3 is 1.65 bits per heavy atom. The van der Waals surface area contributed by atoms with Crippen LogP contribution in [-0.4, -0.2) is 30.5 Å². The summed E-state index contributed by atoms with van der Waals surface area (Å²) in [6.45, 7) is 0. The number of carboxylic acids is 1. The number of quaternary nitrogens is 1. The maximum absolute atomic E-state index is 12.1. The van der Waals surface area contributed by atoms with Crippen LogP contribution in [0.5, 0.6) is 0 Å². The summed E-state index contributed by atoms with van der Waals surface area (Å²) in [7, 11) is 0. The molecule has 104 valence electrons. The number of halogens is 8. The third kappa shape index (κ3) is 3.66. The van der Waals surface area contributed by atoms with Crippen molar-refractivity contribution < 1.29 is 49.8 Å². The molecule has 0 saturated heterocycles. The predicted octanol–water partition coefficient (Wildman–Crippen LogP) is 1.22. The van der Waals surface area contributed by atoms with E-state index in [1.165, 1.54) is 0 Å². The number of ether oxygens (including phenoxy) is 1. The fourth-order valence-corrected chi connectivity index (χ4v) is 0.417. The summed E-state index contributed by atoms with van der Waals surface area (Å²) in [5.74, 6) is -9.75. The van der Waals surface area contributed by atoms with Crippen LogP contribution in [0.2, 0.25) is 0 Å². The van der Waals surface area contributed by atoms with Gasteiger partial charge in [-0.3, -0.25) is 4.74 Å². The molecule has 0 rings (SSSR count). The van der Waals surface area contributed by atoms with Crippen LogP contribution in [0.3, 0.4) is 0 Å². The van der Waals surface area contributed by atoms with Gasteiger partial charge < -0.3 is 16.1 Å². The van der Waals surface area contributed by atoms with E-state index >= 15 is 0 Å². The quantitative estimate of drug-likeness (QED) is 0.785. The topological polar surface area (TPSA) is 85.9 Å². The second kappa shape index (κ2) is 5.00. The number of rotatable bonds is 4. The number of aliphatic carboxylic acids is 1. The van der Waals surface area contributed by atoms with Crippen LogP contribution in [0.4, 0.5) is 35.1 Å². The lowest BCUT2D eigenvalue weighted by Gasteiger charge is -2.28. The zero-order valence-corrected chi connectivity index (χ0v) is 7.83. The van der Waals surface area contributed by atoms with E-state index in [9.17, 15) is 45.0 Å². The predicted molar refractivity (Wildman–Crippen MR) is 32.9 cm³/mol. The van der Waals surface area contributed by atoms with Crippen LogP contribution < -0.4 is 11.3 Å². The van der Waals surface area contributed by atoms with Gasteiger partial charge in [0.25, 0.3) is 0 Å². The molecule has 1 unspecified atom stereocenters. The van der Waals surface area contributed by atoms with Gasteiger partial charge in [-0.25, -0.2) is 4.39 Å². The molecule has 12 heteroatoms. The molecule has 17 heavy (non-hydrogen) atoms. The van der Waals surface area contributed by atoms with E-state index in [1.54, 1.807) is 0 Å². The minimum absolute atomic E-state index is 0. The molecule has 0 aliphatic heterocycles. The molecule has 0 amide bonds. The fraction of sp³-hybridized carbons (Fsp3) is 0.800. The molecule has 0 aromatic rings. The van der Waals surface area contributed by atoms with Crippen LogP contribution in [-0.2, 0) is 9.53 Å². The lowest BCUT2D eigenvalue weighted by molar-refractivity contribution is -0.443. The molecule has 0 aliphatic rings. The molecule has 0 aliphatic carbocycles. The van der Waals surface area contributed by atoms with Gasteiger partial charge in [-0.05, 0) is 0 Å². The summed E-state index contributed by atoms with van der Waals surface area (Å²) in [6, 6.07) is 0. The van der Waals surface area contributed by atoms with Gasteiger partial charge in [0, 0.05) is 0 Å². The second-order valence-corrected chi connectivity index (χ2v) is 2.34. The first-order valence-electron chi connectivity index (χ1n) is 3.18. The zero-order valence-electron chi connectivity index (χ0n) is 7.83. The summed E-state index contributed by atoms with van der Waals surface area (Å²) < 4.78 is 96.3. The Morgan fingerprint density at radius 1 is 1.06 bits per heavy atom. The van der Waals surface area contributed by atoms with Crippen LogP contribution in [0.15, 0.2) is 0 Å². The molecule has 0 radical (unpaired) electrons. The molecular weight excluding hydrogens is 274 g/mol. The van der Waals surface area contributed by atoms with Crippen molar-refractivity contribution in [2.24, 2.45) is 0 Å². The van der Waals surface area contributed by atoms with Gasteiger partial charge in [0.05, 0.1) is 0 Å². The van der Waals surface area contributed by atoms with E-state index in [1.807, 2.05) is 0 Å². The van der Waals surface area contributed by atoms with Crippen molar-refractivity contribution in [1.82, 2.24) is 6.15 Å². The standard InChI is InChI=1S/C5H2F8O3.H3N/c6-1(2(14)15)16-5(12,13)3(7,8)4(9,10)11;/h1H,(H,14,15);1H3. The van der Waals surface area contributed by atoms with E-state index in [2.05, 4.69) is 4.74 Å². The minimum atomic E-state index is -6.74. The van der Waals surface area contributed by atoms with Crippen molar-refractivity contribution in [3.05, 3.63) is 0 Å². The Balaban J connectivity index is 0. The number of carboxylic acid groups (broad SMARTS) is 1. The first kappa shape index (κ1) is 18.2. The van der Waals surface area contributed by atoms with Gasteiger partial charge in [0.2, 0.25) is 6.36 Å². The van der Waals surface area contributed by atoms with Crippen molar-refractivity contribution in [3.8, 4) is 0 Å². The average molecular weight is 279 g/mol. The molecule has 1 atom stereocenters. The molecule has 4 N–H and O–H groups in total. The zero-order chi connectivity index (χ0) is 13.4. The van der Waals surface area contributed by atoms with Crippen molar-refractivity contribution in [2.45, 2.75) is 24.6 Å². The molecule has 0 aromatic heterocycles. The Labute approximate surface area is 87.7 Å². The molecular formula is C5H5F8NO3. The van der Waals surface area contributed by atoms with Gasteiger partial charge in [0.15, 0.2) is 0 Å². The van der Waals surface area contributed by atoms with Crippen LogP contribution in [0, 0.1) is 0 Å². The van der Waals surface area contributed by atoms with Crippen LogP contribution in [0.1, 0.15) is 0 Å². The molecule has 0 spiro atoms. The van der Waals surface area contributed by atoms with E-state index in [-0.39, 0.29) is 6.15 Å². The number of hydrogen-bond donors (Lipinski definition) is 1. The second-order valence-electron chi connectivity index (χ2n) is 2.34. The van der Waals surface area contributed by atoms with Crippen molar-refractivity contribution in [1.29, 1.82) is 0 Å². The van der Waals surface area contributed by atoms with E-state index in [0.29, 0.717) is 0 Å². The average Bonchev–Trinajstić information content (AvgIpc) is 2.00. The highest BCUT2D eigenvalue weighted by atomic mass is 19.4. The molecule has 0 heterocycles. The van der Waals surface area contributed by atoms with Gasteiger partial charge in [-0.15, -0.1) is 0 Å². The Bertz CT molecular complexity index is 277. The molecule has 4 nitrogen and oxygen atoms in total. The SMILES string of the molecule is O=C([O-])C(F)OC(F)(F)C(F)(F)C(F)(F)F.[NH4+]. The largest absolute Gasteiger partial charge is 0.544 e. The smallest absolute Gasteiger partial charge is 0.462 e. The first-order valence-corrected chi connectivity index (χ1v) is 3.18. The highest BCUT2D eigenvalue weighted by Gasteiger charge is 2.75. The molecule has 0 aromatic carbocycles. The maximum atomic E-state index is 12.1. The summed E-state index contributed by atoms with van der Waals surface area (Å²) in [6.07, 6.45) is -17.2. The van der Waals surface area contributed by atoms with Crippen molar-refractivity contribution >= 4 is 5.97 Å². The third-order valence-electron chi connectivity index (χ3n) is 1.16. The van der Waals surface area contributed by atoms with Gasteiger partial charge >= 0.3 is 18.2 Å².